The summed E-state index contributed by atoms with van der Waals surface area (Å²) in [6.45, 7) is 4.07. The highest BCUT2D eigenvalue weighted by molar-refractivity contribution is 6.16. The number of rotatable bonds is 2. The van der Waals surface area contributed by atoms with Crippen molar-refractivity contribution in [2.75, 3.05) is 7.11 Å². The second-order valence-electron chi connectivity index (χ2n) is 2.65. The van der Waals surface area contributed by atoms with Gasteiger partial charge in [0.1, 0.15) is 0 Å². The lowest BCUT2D eigenvalue weighted by molar-refractivity contribution is -0.0220. The maximum Gasteiger partial charge on any atom is 0.180 e. The van der Waals surface area contributed by atoms with Crippen molar-refractivity contribution in [2.45, 2.75) is 32.0 Å². The fourth-order valence-corrected chi connectivity index (χ4v) is 1.31. The van der Waals surface area contributed by atoms with Gasteiger partial charge in [0.05, 0.1) is 6.04 Å². The van der Waals surface area contributed by atoms with Crippen molar-refractivity contribution in [1.29, 1.82) is 0 Å². The first-order chi connectivity index (χ1) is 5.25. The average molecular weight is 154 g/mol. The summed E-state index contributed by atoms with van der Waals surface area (Å²) < 4.78 is 5.33. The van der Waals surface area contributed by atoms with Gasteiger partial charge < -0.3 is 4.74 Å². The maximum atomic E-state index is 5.33. The van der Waals surface area contributed by atoms with E-state index in [0.717, 1.165) is 6.42 Å². The monoisotopic (exact) mass is 154 g/mol. The van der Waals surface area contributed by atoms with Crippen LogP contribution in [-0.2, 0) is 4.74 Å². The Morgan fingerprint density at radius 1 is 1.55 bits per heavy atom. The third kappa shape index (κ3) is 1.33. The van der Waals surface area contributed by atoms with Crippen molar-refractivity contribution in [3.05, 3.63) is 0 Å². The molecule has 1 aliphatic rings. The molecule has 1 rings (SSSR count). The Morgan fingerprint density at radius 3 is 2.64 bits per heavy atom. The van der Waals surface area contributed by atoms with Crippen molar-refractivity contribution >= 4 is 12.4 Å². The maximum absolute atomic E-state index is 5.33. The summed E-state index contributed by atoms with van der Waals surface area (Å²) in [6.07, 6.45) is 4.28. The lowest BCUT2D eigenvalue weighted by Crippen LogP contribution is -2.41. The van der Waals surface area contributed by atoms with E-state index in [1.54, 1.807) is 19.5 Å². The molecular formula is C8H14N2O. The van der Waals surface area contributed by atoms with Crippen LogP contribution in [0.25, 0.3) is 0 Å². The first-order valence-electron chi connectivity index (χ1n) is 3.87. The van der Waals surface area contributed by atoms with Gasteiger partial charge in [-0.3, -0.25) is 9.98 Å². The van der Waals surface area contributed by atoms with Crippen molar-refractivity contribution < 1.29 is 4.74 Å². The van der Waals surface area contributed by atoms with Crippen molar-refractivity contribution in [2.24, 2.45) is 9.98 Å². The number of methoxy groups -OCH3 is 1. The number of aliphatic imine (C=N–C) groups is 2. The smallest absolute Gasteiger partial charge is 0.180 e. The molecule has 62 valence electrons. The third-order valence-electron chi connectivity index (χ3n) is 2.18. The number of ether oxygens (including phenoxy) is 1. The molecule has 0 bridgehead atoms. The van der Waals surface area contributed by atoms with Crippen LogP contribution in [0, 0.1) is 0 Å². The zero-order chi connectivity index (χ0) is 8.32. The van der Waals surface area contributed by atoms with Gasteiger partial charge >= 0.3 is 0 Å². The minimum absolute atomic E-state index is 0.127. The van der Waals surface area contributed by atoms with Crippen LogP contribution in [0.15, 0.2) is 9.98 Å². The first kappa shape index (κ1) is 8.40. The quantitative estimate of drug-likeness (QED) is 0.590. The molecule has 2 atom stereocenters. The number of hydrogen-bond donors (Lipinski definition) is 0. The van der Waals surface area contributed by atoms with E-state index < -0.39 is 5.72 Å². The third-order valence-corrected chi connectivity index (χ3v) is 2.18. The zero-order valence-electron chi connectivity index (χ0n) is 7.24. The summed E-state index contributed by atoms with van der Waals surface area (Å²) >= 11 is 0. The molecule has 0 aromatic heterocycles. The minimum atomic E-state index is -0.408. The second kappa shape index (κ2) is 3.13. The van der Waals surface area contributed by atoms with Gasteiger partial charge in [-0.05, 0) is 13.3 Å². The Hall–Kier alpha value is -0.700. The summed E-state index contributed by atoms with van der Waals surface area (Å²) in [5.41, 5.74) is -0.408. The van der Waals surface area contributed by atoms with Crippen LogP contribution in [0.2, 0.25) is 0 Å². The highest BCUT2D eigenvalue weighted by Gasteiger charge is 2.34. The number of nitrogens with zero attached hydrogens (tertiary/aromatic N) is 2. The van der Waals surface area contributed by atoms with Gasteiger partial charge in [-0.1, -0.05) is 6.92 Å². The van der Waals surface area contributed by atoms with Gasteiger partial charge in [-0.15, -0.1) is 0 Å². The highest BCUT2D eigenvalue weighted by atomic mass is 16.5. The van der Waals surface area contributed by atoms with E-state index in [0.29, 0.717) is 0 Å². The molecule has 1 heterocycles. The molecule has 1 aliphatic heterocycles. The van der Waals surface area contributed by atoms with E-state index in [1.165, 1.54) is 0 Å². The first-order valence-corrected chi connectivity index (χ1v) is 3.87. The molecule has 0 saturated heterocycles. The summed E-state index contributed by atoms with van der Waals surface area (Å²) in [5.74, 6) is 0. The van der Waals surface area contributed by atoms with Crippen LogP contribution in [0.1, 0.15) is 20.3 Å². The van der Waals surface area contributed by atoms with Crippen LogP contribution in [0.5, 0.6) is 0 Å². The van der Waals surface area contributed by atoms with Crippen LogP contribution < -0.4 is 0 Å². The Kier molecular flexibility index (Phi) is 2.39. The molecule has 0 aromatic carbocycles. The summed E-state index contributed by atoms with van der Waals surface area (Å²) in [6, 6.07) is 0.127. The van der Waals surface area contributed by atoms with Gasteiger partial charge in [0.25, 0.3) is 0 Å². The van der Waals surface area contributed by atoms with E-state index in [1.807, 2.05) is 6.92 Å². The van der Waals surface area contributed by atoms with E-state index in [4.69, 9.17) is 4.74 Å². The standard InChI is InChI=1S/C8H14N2O/c1-4-8(11-3)7(2)9-5-6-10-8/h5-7H,4H2,1-3H3. The molecular weight excluding hydrogens is 140 g/mol. The fraction of sp³-hybridized carbons (Fsp3) is 0.750. The predicted octanol–water partition coefficient (Wildman–Crippen LogP) is 1.28. The molecule has 0 fully saturated rings. The topological polar surface area (TPSA) is 34.0 Å². The molecule has 0 amide bonds. The molecule has 0 radical (unpaired) electrons. The molecule has 0 saturated carbocycles. The highest BCUT2D eigenvalue weighted by Crippen LogP contribution is 2.24. The van der Waals surface area contributed by atoms with E-state index >= 15 is 0 Å². The molecule has 2 unspecified atom stereocenters. The Balaban J connectivity index is 2.82. The van der Waals surface area contributed by atoms with Gasteiger partial charge in [0.2, 0.25) is 0 Å². The fourth-order valence-electron chi connectivity index (χ4n) is 1.31. The second-order valence-corrected chi connectivity index (χ2v) is 2.65. The van der Waals surface area contributed by atoms with Crippen LogP contribution in [-0.4, -0.2) is 31.3 Å². The Bertz CT molecular complexity index is 183. The molecule has 0 aromatic rings. The molecule has 0 N–H and O–H groups in total. The van der Waals surface area contributed by atoms with Gasteiger partial charge in [-0.25, -0.2) is 0 Å². The van der Waals surface area contributed by atoms with Crippen LogP contribution in [0.4, 0.5) is 0 Å². The largest absolute Gasteiger partial charge is 0.355 e. The summed E-state index contributed by atoms with van der Waals surface area (Å²) in [4.78, 5) is 8.51. The van der Waals surface area contributed by atoms with Crippen LogP contribution in [0.3, 0.4) is 0 Å². The van der Waals surface area contributed by atoms with E-state index in [9.17, 15) is 0 Å². The van der Waals surface area contributed by atoms with Crippen LogP contribution >= 0.6 is 0 Å². The lowest BCUT2D eigenvalue weighted by Gasteiger charge is -2.32. The Morgan fingerprint density at radius 2 is 2.27 bits per heavy atom. The molecule has 11 heavy (non-hydrogen) atoms. The normalized spacial score (nSPS) is 36.1. The number of hydrogen-bond acceptors (Lipinski definition) is 3. The summed E-state index contributed by atoms with van der Waals surface area (Å²) in [7, 11) is 1.68. The SMILES string of the molecule is CCC1(OC)N=CC=NC1C. The van der Waals surface area contributed by atoms with Gasteiger partial charge in [0, 0.05) is 19.5 Å². The molecule has 3 heteroatoms. The van der Waals surface area contributed by atoms with Crippen molar-refractivity contribution in [3.8, 4) is 0 Å². The van der Waals surface area contributed by atoms with Crippen molar-refractivity contribution in [1.82, 2.24) is 0 Å². The Labute approximate surface area is 67.2 Å². The summed E-state index contributed by atoms with van der Waals surface area (Å²) in [5, 5.41) is 0. The lowest BCUT2D eigenvalue weighted by atomic mass is 10.0. The molecule has 0 aliphatic carbocycles. The van der Waals surface area contributed by atoms with E-state index in [2.05, 4.69) is 16.9 Å². The van der Waals surface area contributed by atoms with Gasteiger partial charge in [-0.2, -0.15) is 0 Å². The van der Waals surface area contributed by atoms with Crippen molar-refractivity contribution in [3.63, 3.8) is 0 Å². The van der Waals surface area contributed by atoms with Gasteiger partial charge in [0.15, 0.2) is 5.72 Å². The average Bonchev–Trinajstić information content (AvgIpc) is 2.06. The zero-order valence-corrected chi connectivity index (χ0v) is 7.24. The van der Waals surface area contributed by atoms with E-state index in [-0.39, 0.29) is 6.04 Å². The predicted molar refractivity (Wildman–Crippen MR) is 46.5 cm³/mol. The minimum Gasteiger partial charge on any atom is -0.355 e. The molecule has 0 spiro atoms. The molecule has 3 nitrogen and oxygen atoms in total.